The Morgan fingerprint density at radius 1 is 1.28 bits per heavy atom. The maximum atomic E-state index is 11.7. The first-order valence-corrected chi connectivity index (χ1v) is 6.16. The second-order valence-electron chi connectivity index (χ2n) is 5.02. The van der Waals surface area contributed by atoms with Gasteiger partial charge in [-0.1, -0.05) is 19.1 Å². The first-order valence-electron chi connectivity index (χ1n) is 6.16. The standard InChI is InChI=1S/C14H17NO3/c1-9-6-12(7-9)15-13(16)8-10-2-4-11(5-3-10)14(17)18/h2-5,9,12H,6-8H2,1H3,(H,15,16)(H,17,18). The molecule has 0 unspecified atom stereocenters. The average Bonchev–Trinajstić information content (AvgIpc) is 2.27. The lowest BCUT2D eigenvalue weighted by Crippen LogP contribution is -2.43. The zero-order valence-electron chi connectivity index (χ0n) is 10.3. The van der Waals surface area contributed by atoms with Crippen molar-refractivity contribution in [1.82, 2.24) is 5.32 Å². The molecule has 0 aromatic heterocycles. The molecule has 2 N–H and O–H groups in total. The summed E-state index contributed by atoms with van der Waals surface area (Å²) in [7, 11) is 0. The molecule has 0 bridgehead atoms. The fraction of sp³-hybridized carbons (Fsp3) is 0.429. The molecule has 1 aromatic rings. The van der Waals surface area contributed by atoms with Crippen LogP contribution in [-0.4, -0.2) is 23.0 Å². The van der Waals surface area contributed by atoms with Gasteiger partial charge in [0.25, 0.3) is 0 Å². The summed E-state index contributed by atoms with van der Waals surface area (Å²) in [5.74, 6) is -0.227. The van der Waals surface area contributed by atoms with Gasteiger partial charge in [-0.3, -0.25) is 4.79 Å². The van der Waals surface area contributed by atoms with Crippen LogP contribution in [0.5, 0.6) is 0 Å². The zero-order valence-corrected chi connectivity index (χ0v) is 10.3. The van der Waals surface area contributed by atoms with Crippen LogP contribution in [0, 0.1) is 5.92 Å². The minimum atomic E-state index is -0.950. The molecule has 1 saturated carbocycles. The smallest absolute Gasteiger partial charge is 0.335 e. The summed E-state index contributed by atoms with van der Waals surface area (Å²) >= 11 is 0. The molecule has 4 heteroatoms. The van der Waals surface area contributed by atoms with Gasteiger partial charge in [-0.15, -0.1) is 0 Å². The van der Waals surface area contributed by atoms with E-state index in [2.05, 4.69) is 12.2 Å². The van der Waals surface area contributed by atoms with Crippen molar-refractivity contribution in [3.05, 3.63) is 35.4 Å². The molecule has 1 aromatic carbocycles. The number of aromatic carboxylic acids is 1. The van der Waals surface area contributed by atoms with Crippen molar-refractivity contribution in [2.75, 3.05) is 0 Å². The first-order chi connectivity index (χ1) is 8.54. The number of nitrogens with one attached hydrogen (secondary N) is 1. The third kappa shape index (κ3) is 3.09. The summed E-state index contributed by atoms with van der Waals surface area (Å²) in [5, 5.41) is 11.7. The molecule has 0 radical (unpaired) electrons. The molecule has 4 nitrogen and oxygen atoms in total. The quantitative estimate of drug-likeness (QED) is 0.853. The fourth-order valence-corrected chi connectivity index (χ4v) is 2.25. The molecule has 0 saturated heterocycles. The fourth-order valence-electron chi connectivity index (χ4n) is 2.25. The Bertz CT molecular complexity index is 447. The molecule has 2 rings (SSSR count). The normalized spacial score (nSPS) is 22.1. The van der Waals surface area contributed by atoms with Crippen LogP contribution < -0.4 is 5.32 Å². The molecule has 0 heterocycles. The van der Waals surface area contributed by atoms with Gasteiger partial charge in [-0.25, -0.2) is 4.79 Å². The predicted octanol–water partition coefficient (Wildman–Crippen LogP) is 1.84. The van der Waals surface area contributed by atoms with Crippen LogP contribution in [0.2, 0.25) is 0 Å². The van der Waals surface area contributed by atoms with E-state index in [1.54, 1.807) is 12.1 Å². The van der Waals surface area contributed by atoms with Crippen LogP contribution in [0.15, 0.2) is 24.3 Å². The van der Waals surface area contributed by atoms with Gasteiger partial charge >= 0.3 is 5.97 Å². The van der Waals surface area contributed by atoms with E-state index >= 15 is 0 Å². The molecular weight excluding hydrogens is 230 g/mol. The van der Waals surface area contributed by atoms with Gasteiger partial charge in [0.15, 0.2) is 0 Å². The van der Waals surface area contributed by atoms with Crippen LogP contribution in [-0.2, 0) is 11.2 Å². The Kier molecular flexibility index (Phi) is 3.65. The Morgan fingerprint density at radius 2 is 1.89 bits per heavy atom. The van der Waals surface area contributed by atoms with Gasteiger partial charge in [-0.2, -0.15) is 0 Å². The SMILES string of the molecule is CC1CC(NC(=O)Cc2ccc(C(=O)O)cc2)C1. The number of carbonyl (C=O) groups excluding carboxylic acids is 1. The lowest BCUT2D eigenvalue weighted by molar-refractivity contribution is -0.121. The van der Waals surface area contributed by atoms with Gasteiger partial charge in [0.2, 0.25) is 5.91 Å². The molecule has 1 aliphatic carbocycles. The van der Waals surface area contributed by atoms with E-state index in [1.165, 1.54) is 12.1 Å². The number of hydrogen-bond donors (Lipinski definition) is 2. The van der Waals surface area contributed by atoms with Crippen molar-refractivity contribution in [2.45, 2.75) is 32.2 Å². The van der Waals surface area contributed by atoms with E-state index < -0.39 is 5.97 Å². The Labute approximate surface area is 106 Å². The maximum Gasteiger partial charge on any atom is 0.335 e. The minimum Gasteiger partial charge on any atom is -0.478 e. The highest BCUT2D eigenvalue weighted by atomic mass is 16.4. The molecule has 1 amide bonds. The van der Waals surface area contributed by atoms with E-state index in [0.717, 1.165) is 18.4 Å². The Balaban J connectivity index is 1.85. The minimum absolute atomic E-state index is 0.00924. The van der Waals surface area contributed by atoms with Crippen molar-refractivity contribution in [2.24, 2.45) is 5.92 Å². The number of amides is 1. The Hall–Kier alpha value is -1.84. The third-order valence-electron chi connectivity index (χ3n) is 3.30. The predicted molar refractivity (Wildman–Crippen MR) is 67.4 cm³/mol. The van der Waals surface area contributed by atoms with Gasteiger partial charge in [0.1, 0.15) is 0 Å². The average molecular weight is 247 g/mol. The maximum absolute atomic E-state index is 11.7. The van der Waals surface area contributed by atoms with Crippen LogP contribution in [0.25, 0.3) is 0 Å². The van der Waals surface area contributed by atoms with Crippen LogP contribution in [0.1, 0.15) is 35.7 Å². The van der Waals surface area contributed by atoms with Crippen LogP contribution in [0.4, 0.5) is 0 Å². The highest BCUT2D eigenvalue weighted by molar-refractivity contribution is 5.87. The number of carboxylic acids is 1. The second kappa shape index (κ2) is 5.21. The van der Waals surface area contributed by atoms with Crippen LogP contribution >= 0.6 is 0 Å². The summed E-state index contributed by atoms with van der Waals surface area (Å²) in [6.07, 6.45) is 2.43. The summed E-state index contributed by atoms with van der Waals surface area (Å²) in [6.45, 7) is 2.17. The Morgan fingerprint density at radius 3 is 2.39 bits per heavy atom. The number of rotatable bonds is 4. The van der Waals surface area contributed by atoms with E-state index in [-0.39, 0.29) is 11.5 Å². The topological polar surface area (TPSA) is 66.4 Å². The van der Waals surface area contributed by atoms with E-state index in [4.69, 9.17) is 5.11 Å². The molecule has 96 valence electrons. The third-order valence-corrected chi connectivity index (χ3v) is 3.30. The van der Waals surface area contributed by atoms with Gasteiger partial charge < -0.3 is 10.4 Å². The molecule has 1 aliphatic rings. The lowest BCUT2D eigenvalue weighted by atomic mass is 9.82. The van der Waals surface area contributed by atoms with Crippen molar-refractivity contribution >= 4 is 11.9 Å². The molecule has 18 heavy (non-hydrogen) atoms. The lowest BCUT2D eigenvalue weighted by Gasteiger charge is -2.33. The summed E-state index contributed by atoms with van der Waals surface area (Å²) in [4.78, 5) is 22.4. The van der Waals surface area contributed by atoms with E-state index in [0.29, 0.717) is 18.4 Å². The number of carboxylic acid groups (broad SMARTS) is 1. The number of hydrogen-bond acceptors (Lipinski definition) is 2. The van der Waals surface area contributed by atoms with Crippen molar-refractivity contribution < 1.29 is 14.7 Å². The summed E-state index contributed by atoms with van der Waals surface area (Å²) < 4.78 is 0. The van der Waals surface area contributed by atoms with Crippen molar-refractivity contribution in [3.8, 4) is 0 Å². The monoisotopic (exact) mass is 247 g/mol. The van der Waals surface area contributed by atoms with E-state index in [9.17, 15) is 9.59 Å². The highest BCUT2D eigenvalue weighted by Gasteiger charge is 2.26. The molecule has 0 spiro atoms. The molecule has 0 aliphatic heterocycles. The second-order valence-corrected chi connectivity index (χ2v) is 5.02. The molecular formula is C14H17NO3. The van der Waals surface area contributed by atoms with Gasteiger partial charge in [0.05, 0.1) is 12.0 Å². The summed E-state index contributed by atoms with van der Waals surface area (Å²) in [5.41, 5.74) is 1.08. The number of benzene rings is 1. The van der Waals surface area contributed by atoms with E-state index in [1.807, 2.05) is 0 Å². The molecule has 1 fully saturated rings. The first kappa shape index (κ1) is 12.6. The van der Waals surface area contributed by atoms with Crippen molar-refractivity contribution in [1.29, 1.82) is 0 Å². The summed E-state index contributed by atoms with van der Waals surface area (Å²) in [6, 6.07) is 6.75. The van der Waals surface area contributed by atoms with Crippen LogP contribution in [0.3, 0.4) is 0 Å². The van der Waals surface area contributed by atoms with Crippen molar-refractivity contribution in [3.63, 3.8) is 0 Å². The zero-order chi connectivity index (χ0) is 13.1. The largest absolute Gasteiger partial charge is 0.478 e. The molecule has 0 atom stereocenters. The van der Waals surface area contributed by atoms with Gasteiger partial charge in [0, 0.05) is 6.04 Å². The number of carbonyl (C=O) groups is 2. The highest BCUT2D eigenvalue weighted by Crippen LogP contribution is 2.26. The van der Waals surface area contributed by atoms with Gasteiger partial charge in [-0.05, 0) is 36.5 Å².